The van der Waals surface area contributed by atoms with Gasteiger partial charge in [-0.15, -0.1) is 0 Å². The molecule has 1 nitrogen and oxygen atoms in total. The molecule has 0 fully saturated rings. The lowest BCUT2D eigenvalue weighted by Gasteiger charge is -2.10. The number of fused-ring (bicyclic) bond motifs is 3. The molecule has 0 aliphatic heterocycles. The molecule has 3 aromatic carbocycles. The summed E-state index contributed by atoms with van der Waals surface area (Å²) in [4.78, 5) is 12.8. The van der Waals surface area contributed by atoms with Crippen LogP contribution in [-0.2, 0) is 0 Å². The Bertz CT molecular complexity index is 875. The first-order valence-electron chi connectivity index (χ1n) is 7.10. The molecule has 0 saturated carbocycles. The normalized spacial score (nSPS) is 12.1. The minimum Gasteiger partial charge on any atom is -0.289 e. The second kappa shape index (κ2) is 4.42. The van der Waals surface area contributed by atoms with Crippen molar-refractivity contribution in [2.24, 2.45) is 0 Å². The zero-order valence-electron chi connectivity index (χ0n) is 11.8. The number of ketones is 1. The summed E-state index contributed by atoms with van der Waals surface area (Å²) in [5.74, 6) is 0.138. The second-order valence-corrected chi connectivity index (χ2v) is 5.42. The Balaban J connectivity index is 2.04. The van der Waals surface area contributed by atoms with E-state index in [0.29, 0.717) is 0 Å². The molecular formula is C20H14O. The molecule has 1 aliphatic carbocycles. The van der Waals surface area contributed by atoms with Crippen LogP contribution in [0.4, 0.5) is 0 Å². The van der Waals surface area contributed by atoms with Crippen molar-refractivity contribution in [3.63, 3.8) is 0 Å². The van der Waals surface area contributed by atoms with Gasteiger partial charge in [0.05, 0.1) is 0 Å². The highest BCUT2D eigenvalue weighted by Gasteiger charge is 2.29. The lowest BCUT2D eigenvalue weighted by atomic mass is 9.93. The standard InChI is InChI=1S/C20H14O/c1-13-7-2-3-8-14(13)16-11-6-12-17-15-9-4-5-10-18(15)20(21)19(16)17/h2-12H,1H3. The van der Waals surface area contributed by atoms with E-state index in [1.165, 1.54) is 5.56 Å². The highest BCUT2D eigenvalue weighted by atomic mass is 16.1. The van der Waals surface area contributed by atoms with Crippen molar-refractivity contribution in [1.29, 1.82) is 0 Å². The average Bonchev–Trinajstić information content (AvgIpc) is 2.82. The smallest absolute Gasteiger partial charge is 0.194 e. The van der Waals surface area contributed by atoms with Gasteiger partial charge in [0.25, 0.3) is 0 Å². The van der Waals surface area contributed by atoms with Crippen molar-refractivity contribution in [2.75, 3.05) is 0 Å². The first-order valence-corrected chi connectivity index (χ1v) is 7.10. The van der Waals surface area contributed by atoms with E-state index < -0.39 is 0 Å². The zero-order chi connectivity index (χ0) is 14.4. The van der Waals surface area contributed by atoms with Crippen LogP contribution >= 0.6 is 0 Å². The summed E-state index contributed by atoms with van der Waals surface area (Å²) in [7, 11) is 0. The van der Waals surface area contributed by atoms with Gasteiger partial charge in [0, 0.05) is 11.1 Å². The monoisotopic (exact) mass is 270 g/mol. The third-order valence-corrected chi connectivity index (χ3v) is 4.19. The van der Waals surface area contributed by atoms with Gasteiger partial charge >= 0.3 is 0 Å². The lowest BCUT2D eigenvalue weighted by molar-refractivity contribution is 0.104. The summed E-state index contributed by atoms with van der Waals surface area (Å²) in [5.41, 5.74) is 7.11. The van der Waals surface area contributed by atoms with Crippen molar-refractivity contribution in [1.82, 2.24) is 0 Å². The third kappa shape index (κ3) is 1.67. The van der Waals surface area contributed by atoms with Crippen molar-refractivity contribution in [3.05, 3.63) is 83.4 Å². The molecule has 100 valence electrons. The van der Waals surface area contributed by atoms with Crippen molar-refractivity contribution in [2.45, 2.75) is 6.92 Å². The molecule has 0 atom stereocenters. The van der Waals surface area contributed by atoms with Crippen LogP contribution in [0.1, 0.15) is 21.5 Å². The summed E-state index contributed by atoms with van der Waals surface area (Å²) in [6.07, 6.45) is 0. The van der Waals surface area contributed by atoms with Gasteiger partial charge in [-0.25, -0.2) is 0 Å². The molecule has 0 unspecified atom stereocenters. The second-order valence-electron chi connectivity index (χ2n) is 5.42. The van der Waals surface area contributed by atoms with Crippen LogP contribution in [0, 0.1) is 6.92 Å². The molecule has 0 spiro atoms. The molecule has 1 aliphatic rings. The van der Waals surface area contributed by atoms with E-state index in [4.69, 9.17) is 0 Å². The Morgan fingerprint density at radius 3 is 1.81 bits per heavy atom. The Labute approximate surface area is 123 Å². The quantitative estimate of drug-likeness (QED) is 0.482. The number of carbonyl (C=O) groups is 1. The number of hydrogen-bond acceptors (Lipinski definition) is 1. The van der Waals surface area contributed by atoms with Crippen molar-refractivity contribution in [3.8, 4) is 22.3 Å². The fourth-order valence-corrected chi connectivity index (χ4v) is 3.17. The van der Waals surface area contributed by atoms with Gasteiger partial charge in [0.15, 0.2) is 5.78 Å². The topological polar surface area (TPSA) is 17.1 Å². The Hall–Kier alpha value is -2.67. The van der Waals surface area contributed by atoms with E-state index in [1.54, 1.807) is 0 Å². The maximum Gasteiger partial charge on any atom is 0.194 e. The summed E-state index contributed by atoms with van der Waals surface area (Å²) >= 11 is 0. The van der Waals surface area contributed by atoms with Gasteiger partial charge in [0.1, 0.15) is 0 Å². The summed E-state index contributed by atoms with van der Waals surface area (Å²) < 4.78 is 0. The van der Waals surface area contributed by atoms with E-state index >= 15 is 0 Å². The van der Waals surface area contributed by atoms with Gasteiger partial charge in [-0.1, -0.05) is 66.7 Å². The predicted molar refractivity (Wildman–Crippen MR) is 85.5 cm³/mol. The molecular weight excluding hydrogens is 256 g/mol. The van der Waals surface area contributed by atoms with E-state index in [-0.39, 0.29) is 5.78 Å². The largest absolute Gasteiger partial charge is 0.289 e. The van der Waals surface area contributed by atoms with E-state index in [0.717, 1.165) is 33.4 Å². The number of rotatable bonds is 1. The average molecular weight is 270 g/mol. The minimum absolute atomic E-state index is 0.138. The minimum atomic E-state index is 0.138. The highest BCUT2D eigenvalue weighted by Crippen LogP contribution is 2.41. The molecule has 0 N–H and O–H groups in total. The molecule has 0 radical (unpaired) electrons. The van der Waals surface area contributed by atoms with Gasteiger partial charge in [-0.2, -0.15) is 0 Å². The maximum atomic E-state index is 12.8. The van der Waals surface area contributed by atoms with Crippen LogP contribution in [0.15, 0.2) is 66.7 Å². The summed E-state index contributed by atoms with van der Waals surface area (Å²) in [5, 5.41) is 0. The molecule has 0 saturated heterocycles. The molecule has 1 heteroatoms. The molecule has 0 bridgehead atoms. The molecule has 0 aromatic heterocycles. The van der Waals surface area contributed by atoms with E-state index in [9.17, 15) is 4.79 Å². The lowest BCUT2D eigenvalue weighted by Crippen LogP contribution is -1.98. The van der Waals surface area contributed by atoms with Gasteiger partial charge in [-0.3, -0.25) is 4.79 Å². The van der Waals surface area contributed by atoms with E-state index in [1.807, 2.05) is 54.6 Å². The van der Waals surface area contributed by atoms with Crippen LogP contribution in [0.25, 0.3) is 22.3 Å². The predicted octanol–water partition coefficient (Wildman–Crippen LogP) is 4.87. The molecule has 0 heterocycles. The number of benzene rings is 3. The SMILES string of the molecule is Cc1ccccc1-c1cccc2c1C(=O)c1ccccc1-2. The molecule has 4 rings (SSSR count). The number of carbonyl (C=O) groups excluding carboxylic acids is 1. The maximum absolute atomic E-state index is 12.8. The van der Waals surface area contributed by atoms with Crippen LogP contribution in [0.2, 0.25) is 0 Å². The van der Waals surface area contributed by atoms with Gasteiger partial charge < -0.3 is 0 Å². The summed E-state index contributed by atoms with van der Waals surface area (Å²) in [6.45, 7) is 2.08. The number of hydrogen-bond donors (Lipinski definition) is 0. The fraction of sp³-hybridized carbons (Fsp3) is 0.0500. The number of aryl methyl sites for hydroxylation is 1. The highest BCUT2D eigenvalue weighted by molar-refractivity contribution is 6.24. The summed E-state index contributed by atoms with van der Waals surface area (Å²) in [6, 6.07) is 22.2. The van der Waals surface area contributed by atoms with E-state index in [2.05, 4.69) is 19.1 Å². The van der Waals surface area contributed by atoms with Crippen molar-refractivity contribution >= 4 is 5.78 Å². The third-order valence-electron chi connectivity index (χ3n) is 4.19. The van der Waals surface area contributed by atoms with Gasteiger partial charge in [0.2, 0.25) is 0 Å². The molecule has 21 heavy (non-hydrogen) atoms. The molecule has 3 aromatic rings. The van der Waals surface area contributed by atoms with Crippen molar-refractivity contribution < 1.29 is 4.79 Å². The first-order chi connectivity index (χ1) is 10.3. The Morgan fingerprint density at radius 2 is 1.10 bits per heavy atom. The first kappa shape index (κ1) is 12.1. The van der Waals surface area contributed by atoms with Crippen LogP contribution in [0.3, 0.4) is 0 Å². The van der Waals surface area contributed by atoms with Crippen LogP contribution in [0.5, 0.6) is 0 Å². The fourth-order valence-electron chi connectivity index (χ4n) is 3.17. The van der Waals surface area contributed by atoms with Crippen LogP contribution < -0.4 is 0 Å². The van der Waals surface area contributed by atoms with Gasteiger partial charge in [-0.05, 0) is 34.7 Å². The Morgan fingerprint density at radius 1 is 0.571 bits per heavy atom. The Kier molecular flexibility index (Phi) is 2.55. The van der Waals surface area contributed by atoms with Crippen LogP contribution in [-0.4, -0.2) is 5.78 Å². The molecule has 0 amide bonds. The zero-order valence-corrected chi connectivity index (χ0v) is 11.8.